The molecule has 19 heavy (non-hydrogen) atoms. The first-order valence-corrected chi connectivity index (χ1v) is 6.87. The van der Waals surface area contributed by atoms with Crippen molar-refractivity contribution in [1.29, 1.82) is 0 Å². The van der Waals surface area contributed by atoms with E-state index in [9.17, 15) is 4.39 Å². The minimum atomic E-state index is -0.239. The maximum atomic E-state index is 13.0. The van der Waals surface area contributed by atoms with Gasteiger partial charge in [0.05, 0.1) is 6.61 Å². The summed E-state index contributed by atoms with van der Waals surface area (Å²) in [6, 6.07) is 12.2. The van der Waals surface area contributed by atoms with E-state index >= 15 is 0 Å². The van der Waals surface area contributed by atoms with Crippen LogP contribution in [-0.2, 0) is 6.61 Å². The Morgan fingerprint density at radius 3 is 2.26 bits per heavy atom. The SMILES string of the molecule is CCN(c1ccc(F)cc1)c1ccc(CO)c(Br)c1. The number of hydrogen-bond acceptors (Lipinski definition) is 2. The first-order valence-electron chi connectivity index (χ1n) is 6.08. The van der Waals surface area contributed by atoms with E-state index < -0.39 is 0 Å². The van der Waals surface area contributed by atoms with Gasteiger partial charge in [-0.15, -0.1) is 0 Å². The van der Waals surface area contributed by atoms with Crippen molar-refractivity contribution in [1.82, 2.24) is 0 Å². The number of nitrogens with zero attached hydrogens (tertiary/aromatic N) is 1. The summed E-state index contributed by atoms with van der Waals surface area (Å²) in [5.74, 6) is -0.239. The second-order valence-electron chi connectivity index (χ2n) is 4.15. The molecule has 0 saturated heterocycles. The predicted molar refractivity (Wildman–Crippen MR) is 79.1 cm³/mol. The molecule has 100 valence electrons. The van der Waals surface area contributed by atoms with Gasteiger partial charge in [-0.05, 0) is 48.9 Å². The van der Waals surface area contributed by atoms with Gasteiger partial charge in [-0.2, -0.15) is 0 Å². The maximum Gasteiger partial charge on any atom is 0.123 e. The molecule has 1 N–H and O–H groups in total. The number of rotatable bonds is 4. The molecule has 0 heterocycles. The van der Waals surface area contributed by atoms with Crippen LogP contribution in [0.25, 0.3) is 0 Å². The smallest absolute Gasteiger partial charge is 0.123 e. The molecule has 0 unspecified atom stereocenters. The molecule has 0 radical (unpaired) electrons. The van der Waals surface area contributed by atoms with Gasteiger partial charge < -0.3 is 10.0 Å². The van der Waals surface area contributed by atoms with Gasteiger partial charge >= 0.3 is 0 Å². The molecule has 0 amide bonds. The van der Waals surface area contributed by atoms with E-state index in [0.717, 1.165) is 28.0 Å². The number of halogens is 2. The molecule has 0 bridgehead atoms. The van der Waals surface area contributed by atoms with Gasteiger partial charge in [0.1, 0.15) is 5.82 Å². The lowest BCUT2D eigenvalue weighted by Gasteiger charge is -2.24. The summed E-state index contributed by atoms with van der Waals surface area (Å²) in [5.41, 5.74) is 2.78. The molecular formula is C15H15BrFNO. The van der Waals surface area contributed by atoms with Gasteiger partial charge in [0.2, 0.25) is 0 Å². The van der Waals surface area contributed by atoms with Crippen molar-refractivity contribution >= 4 is 27.3 Å². The van der Waals surface area contributed by atoms with Crippen LogP contribution in [0.15, 0.2) is 46.9 Å². The zero-order valence-electron chi connectivity index (χ0n) is 10.6. The predicted octanol–water partition coefficient (Wildman–Crippen LogP) is 4.24. The zero-order chi connectivity index (χ0) is 13.8. The van der Waals surface area contributed by atoms with Crippen LogP contribution in [0, 0.1) is 5.82 Å². The molecule has 2 rings (SSSR count). The van der Waals surface area contributed by atoms with Gasteiger partial charge in [0.25, 0.3) is 0 Å². The molecule has 0 saturated carbocycles. The third-order valence-electron chi connectivity index (χ3n) is 2.97. The van der Waals surface area contributed by atoms with Crippen LogP contribution >= 0.6 is 15.9 Å². The molecule has 0 spiro atoms. The highest BCUT2D eigenvalue weighted by atomic mass is 79.9. The Morgan fingerprint density at radius 1 is 1.11 bits per heavy atom. The second kappa shape index (κ2) is 6.17. The third kappa shape index (κ3) is 3.14. The molecule has 0 atom stereocenters. The molecule has 0 fully saturated rings. The summed E-state index contributed by atoms with van der Waals surface area (Å²) in [4.78, 5) is 2.07. The van der Waals surface area contributed by atoms with Crippen molar-refractivity contribution in [2.45, 2.75) is 13.5 Å². The van der Waals surface area contributed by atoms with E-state index in [2.05, 4.69) is 20.8 Å². The first kappa shape index (κ1) is 14.0. The van der Waals surface area contributed by atoms with E-state index in [1.54, 1.807) is 12.1 Å². The largest absolute Gasteiger partial charge is 0.392 e. The molecule has 4 heteroatoms. The molecule has 0 aliphatic heterocycles. The van der Waals surface area contributed by atoms with Crippen LogP contribution in [0.2, 0.25) is 0 Å². The lowest BCUT2D eigenvalue weighted by Crippen LogP contribution is -2.16. The molecular weight excluding hydrogens is 309 g/mol. The first-order chi connectivity index (χ1) is 9.15. The minimum absolute atomic E-state index is 0.00351. The van der Waals surface area contributed by atoms with E-state index in [1.807, 2.05) is 25.1 Å². The molecule has 2 nitrogen and oxygen atoms in total. The lowest BCUT2D eigenvalue weighted by atomic mass is 10.2. The summed E-state index contributed by atoms with van der Waals surface area (Å²) in [6.07, 6.45) is 0. The van der Waals surface area contributed by atoms with Crippen molar-refractivity contribution in [3.05, 3.63) is 58.3 Å². The van der Waals surface area contributed by atoms with Crippen molar-refractivity contribution in [2.75, 3.05) is 11.4 Å². The molecule has 0 aliphatic rings. The van der Waals surface area contributed by atoms with Crippen molar-refractivity contribution in [3.8, 4) is 0 Å². The number of aliphatic hydroxyl groups excluding tert-OH is 1. The van der Waals surface area contributed by atoms with Crippen molar-refractivity contribution in [3.63, 3.8) is 0 Å². The standard InChI is InChI=1S/C15H15BrFNO/c1-2-18(13-7-4-12(17)5-8-13)14-6-3-11(10-19)15(16)9-14/h3-9,19H,2,10H2,1H3. The fourth-order valence-electron chi connectivity index (χ4n) is 1.97. The quantitative estimate of drug-likeness (QED) is 0.909. The summed E-state index contributed by atoms with van der Waals surface area (Å²) in [6.45, 7) is 2.82. The summed E-state index contributed by atoms with van der Waals surface area (Å²) < 4.78 is 13.8. The van der Waals surface area contributed by atoms with Gasteiger partial charge in [0, 0.05) is 22.4 Å². The van der Waals surface area contributed by atoms with Crippen LogP contribution in [-0.4, -0.2) is 11.7 Å². The fourth-order valence-corrected chi connectivity index (χ4v) is 2.46. The van der Waals surface area contributed by atoms with Gasteiger partial charge in [-0.1, -0.05) is 22.0 Å². The van der Waals surface area contributed by atoms with Crippen LogP contribution in [0.4, 0.5) is 15.8 Å². The Labute approximate surface area is 120 Å². The Hall–Kier alpha value is -1.39. The Bertz CT molecular complexity index is 557. The molecule has 0 aliphatic carbocycles. The Balaban J connectivity index is 2.36. The summed E-state index contributed by atoms with van der Waals surface area (Å²) >= 11 is 3.44. The third-order valence-corrected chi connectivity index (χ3v) is 3.71. The van der Waals surface area contributed by atoms with E-state index in [4.69, 9.17) is 5.11 Å². The van der Waals surface area contributed by atoms with Crippen LogP contribution in [0.5, 0.6) is 0 Å². The zero-order valence-corrected chi connectivity index (χ0v) is 12.2. The average molecular weight is 324 g/mol. The Kier molecular flexibility index (Phi) is 4.56. The van der Waals surface area contributed by atoms with Crippen molar-refractivity contribution in [2.24, 2.45) is 0 Å². The normalized spacial score (nSPS) is 10.5. The maximum absolute atomic E-state index is 13.0. The number of anilines is 2. The lowest BCUT2D eigenvalue weighted by molar-refractivity contribution is 0.281. The number of hydrogen-bond donors (Lipinski definition) is 1. The highest BCUT2D eigenvalue weighted by Crippen LogP contribution is 2.29. The topological polar surface area (TPSA) is 23.5 Å². The Morgan fingerprint density at radius 2 is 1.74 bits per heavy atom. The summed E-state index contributed by atoms with van der Waals surface area (Å²) in [5, 5.41) is 9.17. The number of benzene rings is 2. The van der Waals surface area contributed by atoms with Crippen molar-refractivity contribution < 1.29 is 9.50 Å². The monoisotopic (exact) mass is 323 g/mol. The second-order valence-corrected chi connectivity index (χ2v) is 5.01. The summed E-state index contributed by atoms with van der Waals surface area (Å²) in [7, 11) is 0. The fraction of sp³-hybridized carbons (Fsp3) is 0.200. The molecule has 0 aromatic heterocycles. The van der Waals surface area contributed by atoms with E-state index in [1.165, 1.54) is 12.1 Å². The number of aliphatic hydroxyl groups is 1. The molecule has 2 aromatic carbocycles. The minimum Gasteiger partial charge on any atom is -0.392 e. The van der Waals surface area contributed by atoms with Crippen LogP contribution < -0.4 is 4.90 Å². The van der Waals surface area contributed by atoms with Gasteiger partial charge in [-0.25, -0.2) is 4.39 Å². The van der Waals surface area contributed by atoms with Crippen LogP contribution in [0.3, 0.4) is 0 Å². The molecule has 2 aromatic rings. The van der Waals surface area contributed by atoms with Gasteiger partial charge in [0.15, 0.2) is 0 Å². The van der Waals surface area contributed by atoms with E-state index in [-0.39, 0.29) is 12.4 Å². The van der Waals surface area contributed by atoms with E-state index in [0.29, 0.717) is 0 Å². The highest BCUT2D eigenvalue weighted by molar-refractivity contribution is 9.10. The van der Waals surface area contributed by atoms with Gasteiger partial charge in [-0.3, -0.25) is 0 Å². The highest BCUT2D eigenvalue weighted by Gasteiger charge is 2.09. The average Bonchev–Trinajstić information content (AvgIpc) is 2.42. The van der Waals surface area contributed by atoms with Crippen LogP contribution in [0.1, 0.15) is 12.5 Å².